The van der Waals surface area contributed by atoms with Crippen molar-refractivity contribution in [2.75, 3.05) is 5.73 Å². The zero-order valence-electron chi connectivity index (χ0n) is 10.5. The lowest BCUT2D eigenvalue weighted by Gasteiger charge is -2.18. The molecule has 1 aromatic carbocycles. The first kappa shape index (κ1) is 13.1. The van der Waals surface area contributed by atoms with Crippen LogP contribution in [0.15, 0.2) is 28.9 Å². The molecule has 0 aliphatic carbocycles. The van der Waals surface area contributed by atoms with E-state index in [0.717, 1.165) is 0 Å². The van der Waals surface area contributed by atoms with Crippen molar-refractivity contribution < 1.29 is 4.39 Å². The molecule has 0 saturated heterocycles. The van der Waals surface area contributed by atoms with Gasteiger partial charge in [0.05, 0.1) is 11.2 Å². The van der Waals surface area contributed by atoms with Crippen molar-refractivity contribution in [3.05, 3.63) is 34.7 Å². The van der Waals surface area contributed by atoms with Crippen molar-refractivity contribution in [2.24, 2.45) is 0 Å². The van der Waals surface area contributed by atoms with Crippen LogP contribution in [-0.4, -0.2) is 9.78 Å². The highest BCUT2D eigenvalue weighted by Gasteiger charge is 2.19. The maximum atomic E-state index is 13.9. The molecule has 0 amide bonds. The third-order valence-electron chi connectivity index (χ3n) is 2.62. The Kier molecular flexibility index (Phi) is 3.19. The van der Waals surface area contributed by atoms with E-state index in [2.05, 4.69) is 21.0 Å². The van der Waals surface area contributed by atoms with E-state index in [-0.39, 0.29) is 11.4 Å². The van der Waals surface area contributed by atoms with Gasteiger partial charge < -0.3 is 5.73 Å². The molecule has 5 heteroatoms. The number of nitrogens with two attached hydrogens (primary N) is 1. The first-order valence-electron chi connectivity index (χ1n) is 5.60. The number of benzene rings is 1. The van der Waals surface area contributed by atoms with Crippen LogP contribution in [0.2, 0.25) is 0 Å². The van der Waals surface area contributed by atoms with E-state index in [1.807, 2.05) is 20.8 Å². The molecule has 0 radical (unpaired) electrons. The van der Waals surface area contributed by atoms with Crippen LogP contribution in [0, 0.1) is 5.82 Å². The molecule has 0 atom stereocenters. The maximum absolute atomic E-state index is 13.9. The summed E-state index contributed by atoms with van der Waals surface area (Å²) >= 11 is 3.23. The van der Waals surface area contributed by atoms with Gasteiger partial charge in [0.25, 0.3) is 0 Å². The predicted octanol–water partition coefficient (Wildman–Crippen LogP) is 3.79. The average Bonchev–Trinajstić information content (AvgIpc) is 2.60. The molecule has 0 aliphatic heterocycles. The van der Waals surface area contributed by atoms with Gasteiger partial charge in [0.15, 0.2) is 0 Å². The van der Waals surface area contributed by atoms with E-state index in [1.165, 1.54) is 6.07 Å². The van der Waals surface area contributed by atoms with Crippen molar-refractivity contribution in [3.8, 4) is 11.3 Å². The van der Waals surface area contributed by atoms with Gasteiger partial charge in [-0.25, -0.2) is 4.39 Å². The lowest BCUT2D eigenvalue weighted by atomic mass is 10.1. The van der Waals surface area contributed by atoms with Gasteiger partial charge in [-0.1, -0.05) is 15.9 Å². The second-order valence-electron chi connectivity index (χ2n) is 5.17. The molecular formula is C13H15BrFN3. The zero-order chi connectivity index (χ0) is 13.5. The fourth-order valence-corrected chi connectivity index (χ4v) is 1.95. The molecule has 3 nitrogen and oxygen atoms in total. The summed E-state index contributed by atoms with van der Waals surface area (Å²) in [5.41, 5.74) is 7.11. The van der Waals surface area contributed by atoms with E-state index in [4.69, 9.17) is 5.73 Å². The Labute approximate surface area is 114 Å². The van der Waals surface area contributed by atoms with E-state index in [9.17, 15) is 4.39 Å². The van der Waals surface area contributed by atoms with Crippen LogP contribution >= 0.6 is 15.9 Å². The largest absolute Gasteiger partial charge is 0.396 e. The number of anilines is 1. The number of aromatic nitrogens is 2. The molecule has 0 saturated carbocycles. The van der Waals surface area contributed by atoms with E-state index in [1.54, 1.807) is 23.0 Å². The van der Waals surface area contributed by atoms with Crippen LogP contribution in [0.25, 0.3) is 11.3 Å². The summed E-state index contributed by atoms with van der Waals surface area (Å²) in [5.74, 6) is -0.338. The Hall–Kier alpha value is -1.36. The summed E-state index contributed by atoms with van der Waals surface area (Å²) in [6, 6.07) is 4.85. The standard InChI is InChI=1S/C13H15BrFN3/c1-13(2,3)18-7-11(16)12(17-18)9-5-4-8(14)6-10(9)15/h4-7H,16H2,1-3H3. The molecule has 0 bridgehead atoms. The number of nitrogens with zero attached hydrogens (tertiary/aromatic N) is 2. The van der Waals surface area contributed by atoms with Gasteiger partial charge in [0, 0.05) is 16.2 Å². The lowest BCUT2D eigenvalue weighted by molar-refractivity contribution is 0.356. The highest BCUT2D eigenvalue weighted by atomic mass is 79.9. The molecule has 2 aromatic rings. The van der Waals surface area contributed by atoms with Crippen molar-refractivity contribution in [1.29, 1.82) is 0 Å². The minimum Gasteiger partial charge on any atom is -0.396 e. The predicted molar refractivity (Wildman–Crippen MR) is 74.7 cm³/mol. The Morgan fingerprint density at radius 1 is 1.33 bits per heavy atom. The summed E-state index contributed by atoms with van der Waals surface area (Å²) in [6.45, 7) is 6.05. The quantitative estimate of drug-likeness (QED) is 0.870. The first-order valence-corrected chi connectivity index (χ1v) is 6.39. The molecule has 0 spiro atoms. The number of nitrogen functional groups attached to an aromatic ring is 1. The van der Waals surface area contributed by atoms with Gasteiger partial charge in [0.1, 0.15) is 11.5 Å². The van der Waals surface area contributed by atoms with Gasteiger partial charge in [-0.15, -0.1) is 0 Å². The van der Waals surface area contributed by atoms with Crippen molar-refractivity contribution in [2.45, 2.75) is 26.3 Å². The SMILES string of the molecule is CC(C)(C)n1cc(N)c(-c2ccc(Br)cc2F)n1. The van der Waals surface area contributed by atoms with Gasteiger partial charge in [-0.3, -0.25) is 4.68 Å². The zero-order valence-corrected chi connectivity index (χ0v) is 12.1. The molecule has 2 N–H and O–H groups in total. The molecule has 18 heavy (non-hydrogen) atoms. The number of hydrogen-bond acceptors (Lipinski definition) is 2. The molecule has 2 rings (SSSR count). The summed E-state index contributed by atoms with van der Waals surface area (Å²) in [5, 5.41) is 4.38. The average molecular weight is 312 g/mol. The summed E-state index contributed by atoms with van der Waals surface area (Å²) < 4.78 is 16.3. The van der Waals surface area contributed by atoms with Crippen LogP contribution in [0.4, 0.5) is 10.1 Å². The highest BCUT2D eigenvalue weighted by molar-refractivity contribution is 9.10. The maximum Gasteiger partial charge on any atom is 0.133 e. The molecule has 96 valence electrons. The second kappa shape index (κ2) is 4.39. The molecular weight excluding hydrogens is 297 g/mol. The minimum atomic E-state index is -0.338. The number of rotatable bonds is 1. The highest BCUT2D eigenvalue weighted by Crippen LogP contribution is 2.30. The van der Waals surface area contributed by atoms with E-state index < -0.39 is 0 Å². The smallest absolute Gasteiger partial charge is 0.133 e. The number of halogens is 2. The third-order valence-corrected chi connectivity index (χ3v) is 3.11. The third kappa shape index (κ3) is 2.41. The van der Waals surface area contributed by atoms with Gasteiger partial charge in [-0.2, -0.15) is 5.10 Å². The van der Waals surface area contributed by atoms with Crippen LogP contribution in [0.1, 0.15) is 20.8 Å². The van der Waals surface area contributed by atoms with Crippen molar-refractivity contribution >= 4 is 21.6 Å². The fourth-order valence-electron chi connectivity index (χ4n) is 1.62. The Morgan fingerprint density at radius 3 is 2.50 bits per heavy atom. The minimum absolute atomic E-state index is 0.182. The van der Waals surface area contributed by atoms with Crippen molar-refractivity contribution in [1.82, 2.24) is 9.78 Å². The van der Waals surface area contributed by atoms with E-state index in [0.29, 0.717) is 21.4 Å². The van der Waals surface area contributed by atoms with Gasteiger partial charge in [0.2, 0.25) is 0 Å². The lowest BCUT2D eigenvalue weighted by Crippen LogP contribution is -2.22. The monoisotopic (exact) mass is 311 g/mol. The van der Waals surface area contributed by atoms with Crippen LogP contribution in [0.3, 0.4) is 0 Å². The van der Waals surface area contributed by atoms with Crippen LogP contribution in [-0.2, 0) is 5.54 Å². The van der Waals surface area contributed by atoms with Crippen LogP contribution in [0.5, 0.6) is 0 Å². The Bertz CT molecular complexity index is 584. The molecule has 1 heterocycles. The number of hydrogen-bond donors (Lipinski definition) is 1. The Balaban J connectivity index is 2.55. The van der Waals surface area contributed by atoms with Crippen LogP contribution < -0.4 is 5.73 Å². The summed E-state index contributed by atoms with van der Waals surface area (Å²) in [4.78, 5) is 0. The van der Waals surface area contributed by atoms with Gasteiger partial charge >= 0.3 is 0 Å². The fraction of sp³-hybridized carbons (Fsp3) is 0.308. The summed E-state index contributed by atoms with van der Waals surface area (Å²) in [7, 11) is 0. The summed E-state index contributed by atoms with van der Waals surface area (Å²) in [6.07, 6.45) is 1.73. The molecule has 1 aromatic heterocycles. The normalized spacial score (nSPS) is 11.8. The molecule has 0 aliphatic rings. The topological polar surface area (TPSA) is 43.8 Å². The van der Waals surface area contributed by atoms with Crippen molar-refractivity contribution in [3.63, 3.8) is 0 Å². The molecule has 0 fully saturated rings. The second-order valence-corrected chi connectivity index (χ2v) is 6.09. The van der Waals surface area contributed by atoms with E-state index >= 15 is 0 Å². The molecule has 0 unspecified atom stereocenters. The Morgan fingerprint density at radius 2 is 2.00 bits per heavy atom. The van der Waals surface area contributed by atoms with Gasteiger partial charge in [-0.05, 0) is 39.0 Å². The first-order chi connectivity index (χ1) is 8.29.